The molecule has 0 amide bonds. The third kappa shape index (κ3) is 2.55. The van der Waals surface area contributed by atoms with Gasteiger partial charge in [0.1, 0.15) is 17.2 Å². The molecule has 1 N–H and O–H groups in total. The number of nitrogens with one attached hydrogen (secondary N) is 1. The second kappa shape index (κ2) is 4.80. The quantitative estimate of drug-likeness (QED) is 0.865. The van der Waals surface area contributed by atoms with Crippen molar-refractivity contribution in [1.82, 2.24) is 4.98 Å². The lowest BCUT2D eigenvalue weighted by Gasteiger charge is -2.23. The molecule has 0 radical (unpaired) electrons. The van der Waals surface area contributed by atoms with Gasteiger partial charge in [-0.25, -0.2) is 9.37 Å². The van der Waals surface area contributed by atoms with Crippen molar-refractivity contribution < 1.29 is 4.39 Å². The van der Waals surface area contributed by atoms with Crippen LogP contribution >= 0.6 is 0 Å². The summed E-state index contributed by atoms with van der Waals surface area (Å²) in [5, 5.41) is 4.14. The Labute approximate surface area is 114 Å². The summed E-state index contributed by atoms with van der Waals surface area (Å²) in [5.74, 6) is 0.521. The molecule has 2 aromatic rings. The first-order chi connectivity index (χ1) is 8.84. The summed E-state index contributed by atoms with van der Waals surface area (Å²) < 4.78 is 13.9. The minimum atomic E-state index is -0.264. The molecule has 2 rings (SSSR count). The summed E-state index contributed by atoms with van der Waals surface area (Å²) in [5.41, 5.74) is 2.59. The Hall–Kier alpha value is -1.64. The summed E-state index contributed by atoms with van der Waals surface area (Å²) in [7, 11) is 0. The summed E-state index contributed by atoms with van der Waals surface area (Å²) in [6.45, 7) is 11.2. The molecule has 1 aromatic carbocycles. The lowest BCUT2D eigenvalue weighted by atomic mass is 9.86. The zero-order valence-electron chi connectivity index (χ0n) is 12.3. The number of hydrogen-bond acceptors (Lipinski definition) is 2. The van der Waals surface area contributed by atoms with Gasteiger partial charge >= 0.3 is 0 Å². The lowest BCUT2D eigenvalue weighted by Crippen LogP contribution is -2.16. The number of nitrogens with zero attached hydrogens (tertiary/aromatic N) is 1. The summed E-state index contributed by atoms with van der Waals surface area (Å²) in [6, 6.07) is 5.36. The predicted octanol–water partition coefficient (Wildman–Crippen LogP) is 4.41. The summed E-state index contributed by atoms with van der Waals surface area (Å²) in [4.78, 5) is 4.51. The van der Waals surface area contributed by atoms with Gasteiger partial charge < -0.3 is 5.32 Å². The number of hydrogen-bond donors (Lipinski definition) is 1. The number of anilines is 1. The average molecular weight is 260 g/mol. The van der Waals surface area contributed by atoms with E-state index in [1.54, 1.807) is 6.07 Å². The summed E-state index contributed by atoms with van der Waals surface area (Å²) >= 11 is 0. The molecular weight excluding hydrogens is 239 g/mol. The molecule has 0 spiro atoms. The highest BCUT2D eigenvalue weighted by atomic mass is 19.1. The van der Waals surface area contributed by atoms with Crippen molar-refractivity contribution >= 4 is 16.7 Å². The topological polar surface area (TPSA) is 24.9 Å². The number of benzene rings is 1. The van der Waals surface area contributed by atoms with Crippen LogP contribution in [0, 0.1) is 12.7 Å². The van der Waals surface area contributed by atoms with Crippen LogP contribution in [0.5, 0.6) is 0 Å². The minimum Gasteiger partial charge on any atom is -0.370 e. The molecule has 2 nitrogen and oxygen atoms in total. The van der Waals surface area contributed by atoms with Crippen LogP contribution in [0.25, 0.3) is 10.9 Å². The predicted molar refractivity (Wildman–Crippen MR) is 79.3 cm³/mol. The van der Waals surface area contributed by atoms with E-state index in [2.05, 4.69) is 37.1 Å². The molecule has 0 unspecified atom stereocenters. The van der Waals surface area contributed by atoms with Crippen molar-refractivity contribution in [3.8, 4) is 0 Å². The van der Waals surface area contributed by atoms with Crippen LogP contribution in [0.3, 0.4) is 0 Å². The lowest BCUT2D eigenvalue weighted by molar-refractivity contribution is 0.589. The Bertz CT molecular complexity index is 612. The Morgan fingerprint density at radius 2 is 1.95 bits per heavy atom. The number of fused-ring (bicyclic) bond motifs is 1. The maximum Gasteiger partial charge on any atom is 0.149 e. The van der Waals surface area contributed by atoms with Gasteiger partial charge in [0, 0.05) is 17.5 Å². The molecule has 1 aromatic heterocycles. The van der Waals surface area contributed by atoms with E-state index in [9.17, 15) is 4.39 Å². The van der Waals surface area contributed by atoms with Crippen LogP contribution in [0.4, 0.5) is 10.2 Å². The van der Waals surface area contributed by atoms with Crippen LogP contribution in [0.15, 0.2) is 18.2 Å². The van der Waals surface area contributed by atoms with Crippen LogP contribution < -0.4 is 5.32 Å². The van der Waals surface area contributed by atoms with E-state index >= 15 is 0 Å². The number of halogens is 1. The van der Waals surface area contributed by atoms with Crippen molar-refractivity contribution in [2.75, 3.05) is 11.9 Å². The van der Waals surface area contributed by atoms with Crippen molar-refractivity contribution in [2.24, 2.45) is 0 Å². The Morgan fingerprint density at radius 1 is 1.26 bits per heavy atom. The largest absolute Gasteiger partial charge is 0.370 e. The third-order valence-corrected chi connectivity index (χ3v) is 3.31. The minimum absolute atomic E-state index is 0.0303. The fraction of sp³-hybridized carbons (Fsp3) is 0.438. The highest BCUT2D eigenvalue weighted by molar-refractivity contribution is 5.85. The maximum atomic E-state index is 13.9. The first-order valence-electron chi connectivity index (χ1n) is 6.68. The monoisotopic (exact) mass is 260 g/mol. The van der Waals surface area contributed by atoms with Gasteiger partial charge in [-0.3, -0.25) is 0 Å². The molecule has 3 heteroatoms. The molecule has 0 bridgehead atoms. The molecular formula is C16H21FN2. The second-order valence-electron chi connectivity index (χ2n) is 5.93. The van der Waals surface area contributed by atoms with Gasteiger partial charge in [0.05, 0.1) is 0 Å². The number of aryl methyl sites for hydroxylation is 1. The van der Waals surface area contributed by atoms with E-state index in [0.717, 1.165) is 28.9 Å². The molecule has 19 heavy (non-hydrogen) atoms. The van der Waals surface area contributed by atoms with Gasteiger partial charge in [0.25, 0.3) is 0 Å². The fourth-order valence-electron chi connectivity index (χ4n) is 2.24. The second-order valence-corrected chi connectivity index (χ2v) is 5.93. The summed E-state index contributed by atoms with van der Waals surface area (Å²) in [6.07, 6.45) is 0. The van der Waals surface area contributed by atoms with Crippen molar-refractivity contribution in [2.45, 2.75) is 40.0 Å². The van der Waals surface area contributed by atoms with E-state index in [-0.39, 0.29) is 11.2 Å². The van der Waals surface area contributed by atoms with E-state index in [1.165, 1.54) is 6.07 Å². The average Bonchev–Trinajstić information content (AvgIpc) is 2.33. The first kappa shape index (κ1) is 13.8. The normalized spacial score (nSPS) is 11.9. The van der Waals surface area contributed by atoms with Gasteiger partial charge in [-0.2, -0.15) is 0 Å². The highest BCUT2D eigenvalue weighted by Crippen LogP contribution is 2.33. The number of pyridine rings is 1. The molecule has 102 valence electrons. The van der Waals surface area contributed by atoms with Gasteiger partial charge in [0.15, 0.2) is 0 Å². The Balaban J connectivity index is 2.80. The first-order valence-corrected chi connectivity index (χ1v) is 6.68. The van der Waals surface area contributed by atoms with E-state index in [1.807, 2.05) is 13.8 Å². The number of rotatable bonds is 2. The van der Waals surface area contributed by atoms with Crippen LogP contribution in [0.1, 0.15) is 38.8 Å². The van der Waals surface area contributed by atoms with Crippen molar-refractivity contribution in [3.63, 3.8) is 0 Å². The third-order valence-electron chi connectivity index (χ3n) is 3.31. The van der Waals surface area contributed by atoms with Crippen molar-refractivity contribution in [1.29, 1.82) is 0 Å². The highest BCUT2D eigenvalue weighted by Gasteiger charge is 2.21. The van der Waals surface area contributed by atoms with Gasteiger partial charge in [-0.15, -0.1) is 0 Å². The smallest absolute Gasteiger partial charge is 0.149 e. The SMILES string of the molecule is CCNc1nc2c(F)ccc(C)c2cc1C(C)(C)C. The zero-order chi connectivity index (χ0) is 14.2. The molecule has 0 aliphatic rings. The molecule has 1 heterocycles. The van der Waals surface area contributed by atoms with Crippen molar-refractivity contribution in [3.05, 3.63) is 35.1 Å². The standard InChI is InChI=1S/C16H21FN2/c1-6-18-15-12(16(3,4)5)9-11-10(2)7-8-13(17)14(11)19-15/h7-9H,6H2,1-5H3,(H,18,19). The van der Waals surface area contributed by atoms with Crippen LogP contribution in [-0.2, 0) is 5.41 Å². The van der Waals surface area contributed by atoms with Crippen LogP contribution in [-0.4, -0.2) is 11.5 Å². The van der Waals surface area contributed by atoms with Crippen LogP contribution in [0.2, 0.25) is 0 Å². The molecule has 0 aliphatic carbocycles. The zero-order valence-corrected chi connectivity index (χ0v) is 12.3. The number of aromatic nitrogens is 1. The maximum absolute atomic E-state index is 13.9. The van der Waals surface area contributed by atoms with E-state index in [0.29, 0.717) is 5.52 Å². The molecule has 0 atom stereocenters. The Morgan fingerprint density at radius 3 is 2.53 bits per heavy atom. The molecule has 0 fully saturated rings. The van der Waals surface area contributed by atoms with E-state index in [4.69, 9.17) is 0 Å². The van der Waals surface area contributed by atoms with Gasteiger partial charge in [-0.05, 0) is 37.0 Å². The molecule has 0 aliphatic heterocycles. The fourth-order valence-corrected chi connectivity index (χ4v) is 2.24. The molecule has 0 saturated carbocycles. The van der Waals surface area contributed by atoms with Gasteiger partial charge in [-0.1, -0.05) is 26.8 Å². The van der Waals surface area contributed by atoms with Gasteiger partial charge in [0.2, 0.25) is 0 Å². The Kier molecular flexibility index (Phi) is 3.48. The van der Waals surface area contributed by atoms with E-state index < -0.39 is 0 Å². The molecule has 0 saturated heterocycles.